The summed E-state index contributed by atoms with van der Waals surface area (Å²) in [7, 11) is 0. The molecule has 2 N–H and O–H groups in total. The van der Waals surface area contributed by atoms with E-state index < -0.39 is 22.9 Å². The van der Waals surface area contributed by atoms with E-state index in [1.807, 2.05) is 0 Å². The van der Waals surface area contributed by atoms with Crippen molar-refractivity contribution in [2.45, 2.75) is 12.5 Å². The molecule has 0 aliphatic carbocycles. The van der Waals surface area contributed by atoms with Crippen molar-refractivity contribution >= 4 is 52.1 Å². The fourth-order valence-electron chi connectivity index (χ4n) is 2.78. The van der Waals surface area contributed by atoms with Gasteiger partial charge >= 0.3 is 5.97 Å². The van der Waals surface area contributed by atoms with Crippen LogP contribution < -0.4 is 10.6 Å². The first-order valence-electron chi connectivity index (χ1n) is 9.65. The Balaban J connectivity index is 1.66. The summed E-state index contributed by atoms with van der Waals surface area (Å²) < 4.78 is 5.39. The van der Waals surface area contributed by atoms with Crippen LogP contribution in [0.5, 0.6) is 0 Å². The van der Waals surface area contributed by atoms with Crippen molar-refractivity contribution in [1.29, 1.82) is 0 Å². The maximum atomic E-state index is 12.9. The van der Waals surface area contributed by atoms with E-state index in [2.05, 4.69) is 10.6 Å². The van der Waals surface area contributed by atoms with Crippen molar-refractivity contribution in [2.75, 3.05) is 11.9 Å². The summed E-state index contributed by atoms with van der Waals surface area (Å²) in [4.78, 5) is 47.5. The average molecular weight is 488 g/mol. The Labute approximate surface area is 197 Å². The lowest BCUT2D eigenvalue weighted by molar-refractivity contribution is -0.384. The van der Waals surface area contributed by atoms with Crippen molar-refractivity contribution in [3.8, 4) is 0 Å². The maximum Gasteiger partial charge on any atom is 0.308 e. The van der Waals surface area contributed by atoms with Gasteiger partial charge in [0, 0.05) is 35.2 Å². The van der Waals surface area contributed by atoms with Gasteiger partial charge in [-0.15, -0.1) is 0 Å². The first-order chi connectivity index (χ1) is 15.8. The van der Waals surface area contributed by atoms with Crippen molar-refractivity contribution in [3.63, 3.8) is 0 Å². The molecule has 0 aliphatic rings. The van der Waals surface area contributed by atoms with E-state index in [9.17, 15) is 24.5 Å². The second-order valence-electron chi connectivity index (χ2n) is 6.71. The van der Waals surface area contributed by atoms with Gasteiger partial charge in [0.05, 0.1) is 22.1 Å². The number of anilines is 1. The predicted octanol–water partition coefficient (Wildman–Crippen LogP) is 4.35. The molecule has 1 heterocycles. The molecule has 2 aromatic carbocycles. The number of esters is 1. The van der Waals surface area contributed by atoms with Crippen LogP contribution in [0, 0.1) is 10.1 Å². The number of halogens is 1. The second-order valence-corrected chi connectivity index (χ2v) is 7.90. The number of hydrogen-bond donors (Lipinski definition) is 2. The Hall–Kier alpha value is -3.76. The molecule has 1 aromatic heterocycles. The van der Waals surface area contributed by atoms with E-state index in [-0.39, 0.29) is 35.3 Å². The van der Waals surface area contributed by atoms with Crippen LogP contribution in [-0.4, -0.2) is 29.3 Å². The molecule has 0 saturated carbocycles. The number of thiophene rings is 1. The molecular weight excluding hydrogens is 470 g/mol. The largest absolute Gasteiger partial charge is 0.447 e. The van der Waals surface area contributed by atoms with Crippen molar-refractivity contribution in [1.82, 2.24) is 5.32 Å². The number of nitrogens with one attached hydrogen (secondary N) is 2. The topological polar surface area (TPSA) is 128 Å². The number of ether oxygens (including phenoxy) is 1. The van der Waals surface area contributed by atoms with Crippen LogP contribution in [0.25, 0.3) is 0 Å². The molecule has 0 spiro atoms. The highest BCUT2D eigenvalue weighted by Crippen LogP contribution is 2.28. The molecular formula is C22H18ClN3O6S. The molecule has 3 rings (SSSR count). The van der Waals surface area contributed by atoms with E-state index in [0.717, 1.165) is 6.07 Å². The van der Waals surface area contributed by atoms with E-state index in [1.54, 1.807) is 47.2 Å². The van der Waals surface area contributed by atoms with Gasteiger partial charge in [-0.2, -0.15) is 11.3 Å². The predicted molar refractivity (Wildman–Crippen MR) is 123 cm³/mol. The summed E-state index contributed by atoms with van der Waals surface area (Å²) >= 11 is 7.43. The third kappa shape index (κ3) is 6.61. The molecule has 0 radical (unpaired) electrons. The van der Waals surface area contributed by atoms with Gasteiger partial charge in [0.25, 0.3) is 17.5 Å². The summed E-state index contributed by atoms with van der Waals surface area (Å²) in [5, 5.41) is 19.4. The third-order valence-corrected chi connectivity index (χ3v) is 5.41. The molecule has 0 aliphatic heterocycles. The Bertz CT molecular complexity index is 1150. The average Bonchev–Trinajstić information content (AvgIpc) is 3.34. The molecule has 0 fully saturated rings. The number of carbonyl (C=O) groups is 3. The standard InChI is InChI=1S/C22H18ClN3O6S/c23-17-12-16(26(30)31)6-7-18(17)25-22(29)20(14-4-2-1-3-5-14)32-19(27)8-10-24-21(28)15-9-11-33-13-15/h1-7,9,11-13,20H,8,10H2,(H,24,28)(H,25,29). The summed E-state index contributed by atoms with van der Waals surface area (Å²) in [5.74, 6) is -1.69. The molecule has 1 unspecified atom stereocenters. The van der Waals surface area contributed by atoms with Crippen LogP contribution >= 0.6 is 22.9 Å². The third-order valence-electron chi connectivity index (χ3n) is 4.41. The maximum absolute atomic E-state index is 12.9. The van der Waals surface area contributed by atoms with Gasteiger partial charge in [-0.3, -0.25) is 24.5 Å². The van der Waals surface area contributed by atoms with E-state index in [1.165, 1.54) is 23.5 Å². The SMILES string of the molecule is O=C(CCNC(=O)c1ccsc1)OC(C(=O)Nc1ccc([N+](=O)[O-])cc1Cl)c1ccccc1. The zero-order valence-corrected chi connectivity index (χ0v) is 18.6. The monoisotopic (exact) mass is 487 g/mol. The Morgan fingerprint density at radius 1 is 1.12 bits per heavy atom. The lowest BCUT2D eigenvalue weighted by Gasteiger charge is -2.18. The number of non-ortho nitro benzene ring substituents is 1. The van der Waals surface area contributed by atoms with E-state index in [4.69, 9.17) is 16.3 Å². The number of nitro groups is 1. The fraction of sp³-hybridized carbons (Fsp3) is 0.136. The second kappa shape index (κ2) is 11.2. The van der Waals surface area contributed by atoms with Gasteiger partial charge in [0.15, 0.2) is 0 Å². The Morgan fingerprint density at radius 3 is 2.52 bits per heavy atom. The lowest BCUT2D eigenvalue weighted by Crippen LogP contribution is -2.29. The normalized spacial score (nSPS) is 11.3. The summed E-state index contributed by atoms with van der Waals surface area (Å²) in [5.41, 5.74) is 0.819. The van der Waals surface area contributed by atoms with Crippen LogP contribution in [0.3, 0.4) is 0 Å². The highest BCUT2D eigenvalue weighted by atomic mass is 35.5. The molecule has 1 atom stereocenters. The molecule has 0 bridgehead atoms. The van der Waals surface area contributed by atoms with Gasteiger partial charge in [-0.05, 0) is 17.5 Å². The highest BCUT2D eigenvalue weighted by molar-refractivity contribution is 7.08. The Morgan fingerprint density at radius 2 is 1.88 bits per heavy atom. The van der Waals surface area contributed by atoms with Gasteiger partial charge in [-0.1, -0.05) is 41.9 Å². The smallest absolute Gasteiger partial charge is 0.308 e. The van der Waals surface area contributed by atoms with Gasteiger partial charge in [-0.25, -0.2) is 0 Å². The number of rotatable bonds is 9. The lowest BCUT2D eigenvalue weighted by atomic mass is 10.1. The molecule has 0 saturated heterocycles. The zero-order chi connectivity index (χ0) is 23.8. The summed E-state index contributed by atoms with van der Waals surface area (Å²) in [6.07, 6.45) is -1.44. The molecule has 170 valence electrons. The minimum Gasteiger partial charge on any atom is -0.447 e. The number of nitro benzene ring substituents is 1. The first kappa shape index (κ1) is 23.9. The summed E-state index contributed by atoms with van der Waals surface area (Å²) in [6.45, 7) is 0.0326. The van der Waals surface area contributed by atoms with Gasteiger partial charge < -0.3 is 15.4 Å². The van der Waals surface area contributed by atoms with Crippen molar-refractivity contribution in [3.05, 3.63) is 91.6 Å². The first-order valence-corrected chi connectivity index (χ1v) is 11.0. The number of carbonyl (C=O) groups excluding carboxylic acids is 3. The zero-order valence-electron chi connectivity index (χ0n) is 17.0. The molecule has 9 nitrogen and oxygen atoms in total. The van der Waals surface area contributed by atoms with Crippen LogP contribution in [-0.2, 0) is 14.3 Å². The van der Waals surface area contributed by atoms with Gasteiger partial charge in [0.2, 0.25) is 6.10 Å². The highest BCUT2D eigenvalue weighted by Gasteiger charge is 2.26. The quantitative estimate of drug-likeness (QED) is 0.262. The van der Waals surface area contributed by atoms with Crippen molar-refractivity contribution < 1.29 is 24.0 Å². The number of nitrogens with zero attached hydrogens (tertiary/aromatic N) is 1. The van der Waals surface area contributed by atoms with Crippen LogP contribution in [0.1, 0.15) is 28.4 Å². The number of hydrogen-bond acceptors (Lipinski definition) is 7. The number of amides is 2. The summed E-state index contributed by atoms with van der Waals surface area (Å²) in [6, 6.07) is 13.6. The van der Waals surface area contributed by atoms with Crippen LogP contribution in [0.2, 0.25) is 5.02 Å². The van der Waals surface area contributed by atoms with Gasteiger partial charge in [0.1, 0.15) is 0 Å². The molecule has 2 amide bonds. The number of benzene rings is 2. The van der Waals surface area contributed by atoms with Crippen LogP contribution in [0.4, 0.5) is 11.4 Å². The molecule has 3 aromatic rings. The van der Waals surface area contributed by atoms with E-state index >= 15 is 0 Å². The Kier molecular flexibility index (Phi) is 8.11. The van der Waals surface area contributed by atoms with E-state index in [0.29, 0.717) is 11.1 Å². The molecule has 33 heavy (non-hydrogen) atoms. The minimum atomic E-state index is -1.29. The van der Waals surface area contributed by atoms with Crippen LogP contribution in [0.15, 0.2) is 65.4 Å². The fourth-order valence-corrected chi connectivity index (χ4v) is 3.64. The molecule has 11 heteroatoms. The minimum absolute atomic E-state index is 0.0326. The van der Waals surface area contributed by atoms with Crippen molar-refractivity contribution in [2.24, 2.45) is 0 Å².